The number of hydrogen-bond donors (Lipinski definition) is 2. The Morgan fingerprint density at radius 2 is 2.00 bits per heavy atom. The van der Waals surface area contributed by atoms with Crippen LogP contribution in [0.25, 0.3) is 0 Å². The number of nitrogens with zero attached hydrogens (tertiary/aromatic N) is 3. The van der Waals surface area contributed by atoms with Gasteiger partial charge in [0.05, 0.1) is 6.04 Å². The lowest BCUT2D eigenvalue weighted by Gasteiger charge is -2.18. The van der Waals surface area contributed by atoms with Crippen LogP contribution in [0.1, 0.15) is 35.8 Å². The zero-order valence-corrected chi connectivity index (χ0v) is 12.5. The van der Waals surface area contributed by atoms with E-state index >= 15 is 0 Å². The maximum atomic E-state index is 4.49. The Kier molecular flexibility index (Phi) is 4.31. The average molecular weight is 277 g/mol. The van der Waals surface area contributed by atoms with Gasteiger partial charge in [0.2, 0.25) is 0 Å². The predicted octanol–water partition coefficient (Wildman–Crippen LogP) is 3.15. The topological polar surface area (TPSA) is 62.7 Å². The van der Waals surface area contributed by atoms with E-state index in [2.05, 4.69) is 32.5 Å². The van der Waals surface area contributed by atoms with Crippen LogP contribution in [0.5, 0.6) is 0 Å². The monoisotopic (exact) mass is 277 g/mol. The van der Waals surface area contributed by atoms with Crippen molar-refractivity contribution in [1.82, 2.24) is 15.0 Å². The Hall–Kier alpha value is -1.69. The van der Waals surface area contributed by atoms with Gasteiger partial charge in [0.25, 0.3) is 0 Å². The van der Waals surface area contributed by atoms with Gasteiger partial charge in [-0.2, -0.15) is 0 Å². The fraction of sp³-hybridized carbons (Fsp3) is 0.462. The number of thiazole rings is 1. The molecule has 1 unspecified atom stereocenters. The summed E-state index contributed by atoms with van der Waals surface area (Å²) in [4.78, 5) is 13.2. The second kappa shape index (κ2) is 5.97. The predicted molar refractivity (Wildman–Crippen MR) is 79.8 cm³/mol. The zero-order valence-electron chi connectivity index (χ0n) is 11.7. The molecular weight excluding hydrogens is 258 g/mol. The number of nitrogens with one attached hydrogen (secondary N) is 2. The first-order chi connectivity index (χ1) is 9.15. The van der Waals surface area contributed by atoms with Crippen molar-refractivity contribution in [3.63, 3.8) is 0 Å². The highest BCUT2D eigenvalue weighted by atomic mass is 32.1. The van der Waals surface area contributed by atoms with Crippen LogP contribution in [-0.4, -0.2) is 22.0 Å². The Balaban J connectivity index is 2.29. The minimum absolute atomic E-state index is 0.192. The van der Waals surface area contributed by atoms with E-state index in [1.54, 1.807) is 11.3 Å². The van der Waals surface area contributed by atoms with E-state index in [1.165, 1.54) is 0 Å². The Bertz CT molecular complexity index is 538. The molecule has 0 radical (unpaired) electrons. The van der Waals surface area contributed by atoms with E-state index in [1.807, 2.05) is 32.5 Å². The molecule has 19 heavy (non-hydrogen) atoms. The molecule has 2 N–H and O–H groups in total. The van der Waals surface area contributed by atoms with Gasteiger partial charge >= 0.3 is 0 Å². The quantitative estimate of drug-likeness (QED) is 0.879. The van der Waals surface area contributed by atoms with Crippen molar-refractivity contribution in [3.8, 4) is 0 Å². The first-order valence-electron chi connectivity index (χ1n) is 6.34. The fourth-order valence-electron chi connectivity index (χ4n) is 1.92. The van der Waals surface area contributed by atoms with Gasteiger partial charge in [0.1, 0.15) is 22.5 Å². The van der Waals surface area contributed by atoms with E-state index in [9.17, 15) is 0 Å². The van der Waals surface area contributed by atoms with Gasteiger partial charge in [-0.3, -0.25) is 0 Å². The summed E-state index contributed by atoms with van der Waals surface area (Å²) in [6.07, 6.45) is 2.80. The van der Waals surface area contributed by atoms with Crippen LogP contribution in [0, 0.1) is 13.8 Å². The van der Waals surface area contributed by atoms with Crippen LogP contribution in [-0.2, 0) is 0 Å². The van der Waals surface area contributed by atoms with E-state index in [0.29, 0.717) is 0 Å². The Morgan fingerprint density at radius 3 is 2.58 bits per heavy atom. The summed E-state index contributed by atoms with van der Waals surface area (Å²) in [5, 5.41) is 9.65. The molecule has 0 saturated heterocycles. The van der Waals surface area contributed by atoms with E-state index in [-0.39, 0.29) is 6.04 Å². The van der Waals surface area contributed by atoms with Crippen LogP contribution >= 0.6 is 11.3 Å². The molecule has 2 aromatic rings. The molecule has 2 aromatic heterocycles. The highest BCUT2D eigenvalue weighted by Gasteiger charge is 2.15. The molecule has 0 aromatic carbocycles. The minimum atomic E-state index is 0.192. The highest BCUT2D eigenvalue weighted by molar-refractivity contribution is 7.09. The molecule has 0 saturated carbocycles. The largest absolute Gasteiger partial charge is 0.373 e. The van der Waals surface area contributed by atoms with Gasteiger partial charge in [-0.15, -0.1) is 11.3 Å². The molecule has 5 nitrogen and oxygen atoms in total. The molecule has 1 atom stereocenters. The third kappa shape index (κ3) is 3.01. The first kappa shape index (κ1) is 13.7. The molecule has 0 spiro atoms. The van der Waals surface area contributed by atoms with Crippen LogP contribution < -0.4 is 10.6 Å². The summed E-state index contributed by atoms with van der Waals surface area (Å²) in [7, 11) is 1.87. The van der Waals surface area contributed by atoms with Crippen LogP contribution in [0.2, 0.25) is 0 Å². The maximum Gasteiger partial charge on any atom is 0.135 e. The molecule has 0 amide bonds. The molecular formula is C13H19N5S. The van der Waals surface area contributed by atoms with Crippen molar-refractivity contribution in [3.05, 3.63) is 28.0 Å². The first-order valence-corrected chi connectivity index (χ1v) is 7.22. The smallest absolute Gasteiger partial charge is 0.135 e. The van der Waals surface area contributed by atoms with Gasteiger partial charge in [0, 0.05) is 24.2 Å². The van der Waals surface area contributed by atoms with Crippen molar-refractivity contribution in [1.29, 1.82) is 0 Å². The van der Waals surface area contributed by atoms with E-state index in [0.717, 1.165) is 34.5 Å². The number of anilines is 2. The van der Waals surface area contributed by atoms with Gasteiger partial charge in [-0.25, -0.2) is 15.0 Å². The summed E-state index contributed by atoms with van der Waals surface area (Å²) >= 11 is 1.66. The number of aromatic nitrogens is 3. The molecule has 0 fully saturated rings. The van der Waals surface area contributed by atoms with Gasteiger partial charge in [0.15, 0.2) is 0 Å². The number of hydrogen-bond acceptors (Lipinski definition) is 6. The number of rotatable bonds is 5. The van der Waals surface area contributed by atoms with Gasteiger partial charge in [-0.05, 0) is 20.3 Å². The standard InChI is InChI=1S/C13H19N5S/c1-5-10(13-15-6-7-19-13)18-12-8(2)11(14-4)16-9(3)17-12/h6-7,10H,5H2,1-4H3,(H2,14,16,17,18). The van der Waals surface area contributed by atoms with Crippen molar-refractivity contribution >= 4 is 23.0 Å². The maximum absolute atomic E-state index is 4.49. The van der Waals surface area contributed by atoms with Crippen LogP contribution in [0.3, 0.4) is 0 Å². The molecule has 0 aliphatic rings. The van der Waals surface area contributed by atoms with Crippen molar-refractivity contribution in [2.75, 3.05) is 17.7 Å². The molecule has 2 heterocycles. The lowest BCUT2D eigenvalue weighted by molar-refractivity contribution is 0.734. The molecule has 6 heteroatoms. The molecule has 0 aliphatic carbocycles. The molecule has 102 valence electrons. The number of aryl methyl sites for hydroxylation is 1. The van der Waals surface area contributed by atoms with Crippen molar-refractivity contribution in [2.45, 2.75) is 33.2 Å². The summed E-state index contributed by atoms with van der Waals surface area (Å²) in [5.41, 5.74) is 1.03. The second-order valence-corrected chi connectivity index (χ2v) is 5.24. The van der Waals surface area contributed by atoms with E-state index < -0.39 is 0 Å². The lowest BCUT2D eigenvalue weighted by atomic mass is 10.2. The lowest BCUT2D eigenvalue weighted by Crippen LogP contribution is -2.13. The van der Waals surface area contributed by atoms with Crippen molar-refractivity contribution < 1.29 is 0 Å². The average Bonchev–Trinajstić information content (AvgIpc) is 2.93. The molecule has 0 aliphatic heterocycles. The highest BCUT2D eigenvalue weighted by Crippen LogP contribution is 2.27. The van der Waals surface area contributed by atoms with E-state index in [4.69, 9.17) is 0 Å². The normalized spacial score (nSPS) is 12.2. The summed E-state index contributed by atoms with van der Waals surface area (Å²) < 4.78 is 0. The minimum Gasteiger partial charge on any atom is -0.373 e. The zero-order chi connectivity index (χ0) is 13.8. The van der Waals surface area contributed by atoms with Gasteiger partial charge in [-0.1, -0.05) is 6.92 Å². The van der Waals surface area contributed by atoms with Crippen LogP contribution in [0.15, 0.2) is 11.6 Å². The fourth-order valence-corrected chi connectivity index (χ4v) is 2.70. The Morgan fingerprint density at radius 1 is 1.26 bits per heavy atom. The van der Waals surface area contributed by atoms with Crippen LogP contribution in [0.4, 0.5) is 11.6 Å². The third-order valence-electron chi connectivity index (χ3n) is 2.96. The second-order valence-electron chi connectivity index (χ2n) is 4.32. The third-order valence-corrected chi connectivity index (χ3v) is 3.85. The SMILES string of the molecule is CCC(Nc1nc(C)nc(NC)c1C)c1nccs1. The Labute approximate surface area is 117 Å². The summed E-state index contributed by atoms with van der Waals surface area (Å²) in [6, 6.07) is 0.192. The molecule has 2 rings (SSSR count). The molecule has 0 bridgehead atoms. The summed E-state index contributed by atoms with van der Waals surface area (Å²) in [5.74, 6) is 2.49. The van der Waals surface area contributed by atoms with Crippen molar-refractivity contribution in [2.24, 2.45) is 0 Å². The summed E-state index contributed by atoms with van der Waals surface area (Å²) in [6.45, 7) is 6.05. The van der Waals surface area contributed by atoms with Gasteiger partial charge < -0.3 is 10.6 Å².